The molecule has 8 nitrogen and oxygen atoms in total. The molecule has 0 spiro atoms. The van der Waals surface area contributed by atoms with Crippen molar-refractivity contribution < 1.29 is 18.5 Å². The van der Waals surface area contributed by atoms with Gasteiger partial charge in [0.25, 0.3) is 5.91 Å². The molecule has 0 saturated heterocycles. The highest BCUT2D eigenvalue weighted by molar-refractivity contribution is 5.96. The second-order valence-electron chi connectivity index (χ2n) is 5.02. The minimum Gasteiger partial charge on any atom is -0.355 e. The summed E-state index contributed by atoms with van der Waals surface area (Å²) in [5.74, 6) is -0.363. The summed E-state index contributed by atoms with van der Waals surface area (Å²) in [5.41, 5.74) is 0.151. The number of nitrogens with one attached hydrogen (secondary N) is 2. The number of anilines is 1. The Kier molecular flexibility index (Phi) is 5.46. The van der Waals surface area contributed by atoms with Crippen molar-refractivity contribution in [3.05, 3.63) is 41.3 Å². The van der Waals surface area contributed by atoms with Crippen molar-refractivity contribution in [1.82, 2.24) is 20.4 Å². The molecule has 3 amide bonds. The van der Waals surface area contributed by atoms with Gasteiger partial charge in [-0.05, 0) is 18.2 Å². The van der Waals surface area contributed by atoms with E-state index in [1.54, 1.807) is 7.05 Å². The summed E-state index contributed by atoms with van der Waals surface area (Å²) >= 11 is 0. The third-order valence-corrected chi connectivity index (χ3v) is 3.23. The van der Waals surface area contributed by atoms with E-state index in [4.69, 9.17) is 4.52 Å². The highest BCUT2D eigenvalue weighted by Gasteiger charge is 2.15. The van der Waals surface area contributed by atoms with Crippen LogP contribution in [0.15, 0.2) is 22.7 Å². The molecule has 0 fully saturated rings. The Morgan fingerprint density at radius 2 is 2.12 bits per heavy atom. The molecule has 0 saturated carbocycles. The minimum atomic E-state index is -0.667. The monoisotopic (exact) mass is 335 g/mol. The number of urea groups is 1. The Morgan fingerprint density at radius 1 is 1.38 bits per heavy atom. The summed E-state index contributed by atoms with van der Waals surface area (Å²) in [6.07, 6.45) is 0.612. The topological polar surface area (TPSA) is 100 Å². The Morgan fingerprint density at radius 3 is 2.75 bits per heavy atom. The van der Waals surface area contributed by atoms with Gasteiger partial charge in [-0.15, -0.1) is 0 Å². The maximum absolute atomic E-state index is 13.6. The lowest BCUT2D eigenvalue weighted by molar-refractivity contribution is 0.0959. The summed E-state index contributed by atoms with van der Waals surface area (Å²) in [6, 6.07) is 3.31. The molecular weight excluding hydrogens is 317 g/mol. The summed E-state index contributed by atoms with van der Waals surface area (Å²) in [4.78, 5) is 29.2. The van der Waals surface area contributed by atoms with Gasteiger partial charge < -0.3 is 20.1 Å². The standard InChI is InChI=1S/C15H18FN5O3/c1-4-13-19-12(20-24-13)8-21(3)15(23)18-9-5-6-11(16)10(7-9)14(22)17-2/h5-7H,4,8H2,1-3H3,(H,17,22)(H,18,23). The first-order valence-corrected chi connectivity index (χ1v) is 7.29. The first-order valence-electron chi connectivity index (χ1n) is 7.29. The van der Waals surface area contributed by atoms with Crippen molar-refractivity contribution in [2.45, 2.75) is 19.9 Å². The zero-order chi connectivity index (χ0) is 17.7. The first kappa shape index (κ1) is 17.4. The number of hydrogen-bond acceptors (Lipinski definition) is 5. The molecule has 0 radical (unpaired) electrons. The highest BCUT2D eigenvalue weighted by atomic mass is 19.1. The van der Waals surface area contributed by atoms with Gasteiger partial charge in [0.15, 0.2) is 5.82 Å². The molecule has 128 valence electrons. The molecule has 0 unspecified atom stereocenters. The van der Waals surface area contributed by atoms with E-state index in [2.05, 4.69) is 20.8 Å². The molecule has 1 heterocycles. The second kappa shape index (κ2) is 7.53. The number of hydrogen-bond donors (Lipinski definition) is 2. The number of rotatable bonds is 5. The third-order valence-electron chi connectivity index (χ3n) is 3.23. The number of carbonyl (C=O) groups excluding carboxylic acids is 2. The number of halogens is 1. The fourth-order valence-electron chi connectivity index (χ4n) is 1.91. The number of carbonyl (C=O) groups is 2. The molecule has 0 atom stereocenters. The lowest BCUT2D eigenvalue weighted by Gasteiger charge is -2.16. The normalized spacial score (nSPS) is 10.3. The van der Waals surface area contributed by atoms with E-state index < -0.39 is 17.8 Å². The van der Waals surface area contributed by atoms with Crippen molar-refractivity contribution >= 4 is 17.6 Å². The van der Waals surface area contributed by atoms with Gasteiger partial charge in [0.05, 0.1) is 12.1 Å². The molecule has 0 aliphatic carbocycles. The Bertz CT molecular complexity index is 746. The lowest BCUT2D eigenvalue weighted by atomic mass is 10.1. The maximum atomic E-state index is 13.6. The number of amides is 3. The molecule has 1 aromatic heterocycles. The quantitative estimate of drug-likeness (QED) is 0.868. The maximum Gasteiger partial charge on any atom is 0.321 e. The molecule has 2 aromatic rings. The molecule has 9 heteroatoms. The van der Waals surface area contributed by atoms with E-state index in [9.17, 15) is 14.0 Å². The van der Waals surface area contributed by atoms with Crippen LogP contribution in [-0.4, -0.2) is 41.1 Å². The number of nitrogens with zero attached hydrogens (tertiary/aromatic N) is 3. The van der Waals surface area contributed by atoms with Crippen LogP contribution in [0.2, 0.25) is 0 Å². The number of benzene rings is 1. The summed E-state index contributed by atoms with van der Waals surface area (Å²) in [6.45, 7) is 2.03. The van der Waals surface area contributed by atoms with Crippen LogP contribution in [0.25, 0.3) is 0 Å². The van der Waals surface area contributed by atoms with E-state index >= 15 is 0 Å². The van der Waals surface area contributed by atoms with E-state index in [-0.39, 0.29) is 12.1 Å². The van der Waals surface area contributed by atoms with E-state index in [0.29, 0.717) is 23.8 Å². The molecule has 2 rings (SSSR count). The highest BCUT2D eigenvalue weighted by Crippen LogP contribution is 2.15. The number of aromatic nitrogens is 2. The van der Waals surface area contributed by atoms with Gasteiger partial charge in [-0.3, -0.25) is 4.79 Å². The minimum absolute atomic E-state index is 0.149. The molecular formula is C15H18FN5O3. The second-order valence-corrected chi connectivity index (χ2v) is 5.02. The van der Waals surface area contributed by atoms with E-state index in [1.807, 2.05) is 6.92 Å². The zero-order valence-corrected chi connectivity index (χ0v) is 13.6. The molecule has 0 aliphatic rings. The van der Waals surface area contributed by atoms with Crippen molar-refractivity contribution in [3.8, 4) is 0 Å². The van der Waals surface area contributed by atoms with Crippen molar-refractivity contribution in [3.63, 3.8) is 0 Å². The van der Waals surface area contributed by atoms with Crippen molar-refractivity contribution in [2.24, 2.45) is 0 Å². The van der Waals surface area contributed by atoms with Crippen LogP contribution in [-0.2, 0) is 13.0 Å². The van der Waals surface area contributed by atoms with Gasteiger partial charge in [0.2, 0.25) is 5.89 Å². The predicted octanol–water partition coefficient (Wildman–Crippen LogP) is 1.79. The summed E-state index contributed by atoms with van der Waals surface area (Å²) in [5, 5.41) is 8.69. The third kappa shape index (κ3) is 4.06. The van der Waals surface area contributed by atoms with Crippen LogP contribution < -0.4 is 10.6 Å². The summed E-state index contributed by atoms with van der Waals surface area (Å²) in [7, 11) is 2.96. The van der Waals surface area contributed by atoms with Gasteiger partial charge in [-0.25, -0.2) is 9.18 Å². The van der Waals surface area contributed by atoms with E-state index in [1.165, 1.54) is 24.1 Å². The van der Waals surface area contributed by atoms with Gasteiger partial charge in [-0.1, -0.05) is 12.1 Å². The van der Waals surface area contributed by atoms with Crippen LogP contribution in [0.5, 0.6) is 0 Å². The molecule has 1 aromatic carbocycles. The molecule has 2 N–H and O–H groups in total. The molecule has 0 aliphatic heterocycles. The smallest absolute Gasteiger partial charge is 0.321 e. The first-order chi connectivity index (χ1) is 11.4. The van der Waals surface area contributed by atoms with Crippen LogP contribution >= 0.6 is 0 Å². The SMILES string of the molecule is CCc1nc(CN(C)C(=O)Nc2ccc(F)c(C(=O)NC)c2)no1. The van der Waals surface area contributed by atoms with Crippen LogP contribution in [0.4, 0.5) is 14.9 Å². The average molecular weight is 335 g/mol. The van der Waals surface area contributed by atoms with Crippen LogP contribution in [0, 0.1) is 5.82 Å². The van der Waals surface area contributed by atoms with Gasteiger partial charge in [0.1, 0.15) is 5.82 Å². The molecule has 24 heavy (non-hydrogen) atoms. The van der Waals surface area contributed by atoms with Gasteiger partial charge >= 0.3 is 6.03 Å². The van der Waals surface area contributed by atoms with Crippen molar-refractivity contribution in [2.75, 3.05) is 19.4 Å². The summed E-state index contributed by atoms with van der Waals surface area (Å²) < 4.78 is 18.6. The van der Waals surface area contributed by atoms with Crippen LogP contribution in [0.3, 0.4) is 0 Å². The Hall–Kier alpha value is -2.97. The van der Waals surface area contributed by atoms with Crippen LogP contribution in [0.1, 0.15) is 29.0 Å². The van der Waals surface area contributed by atoms with Gasteiger partial charge in [-0.2, -0.15) is 4.98 Å². The largest absolute Gasteiger partial charge is 0.355 e. The lowest BCUT2D eigenvalue weighted by Crippen LogP contribution is -2.31. The zero-order valence-electron chi connectivity index (χ0n) is 13.6. The average Bonchev–Trinajstić information content (AvgIpc) is 3.03. The number of aryl methyl sites for hydroxylation is 1. The fraction of sp³-hybridized carbons (Fsp3) is 0.333. The predicted molar refractivity (Wildman–Crippen MR) is 84.0 cm³/mol. The Labute approximate surface area is 138 Å². The fourth-order valence-corrected chi connectivity index (χ4v) is 1.91. The molecule has 0 bridgehead atoms. The van der Waals surface area contributed by atoms with Gasteiger partial charge in [0, 0.05) is 26.2 Å². The van der Waals surface area contributed by atoms with E-state index in [0.717, 1.165) is 6.07 Å². The van der Waals surface area contributed by atoms with Crippen molar-refractivity contribution in [1.29, 1.82) is 0 Å². The Balaban J connectivity index is 2.04.